The van der Waals surface area contributed by atoms with Crippen molar-refractivity contribution >= 4 is 33.7 Å². The third-order valence-corrected chi connectivity index (χ3v) is 4.36. The summed E-state index contributed by atoms with van der Waals surface area (Å²) in [6.45, 7) is 3.93. The summed E-state index contributed by atoms with van der Waals surface area (Å²) in [5, 5.41) is 3.29. The van der Waals surface area contributed by atoms with E-state index in [4.69, 9.17) is 0 Å². The van der Waals surface area contributed by atoms with Crippen LogP contribution in [0.2, 0.25) is 0 Å². The maximum absolute atomic E-state index is 11.0. The van der Waals surface area contributed by atoms with E-state index in [2.05, 4.69) is 51.1 Å². The number of ether oxygens (including phenoxy) is 1. The zero-order chi connectivity index (χ0) is 13.4. The molecule has 0 atom stereocenters. The van der Waals surface area contributed by atoms with Crippen LogP contribution >= 0.6 is 27.7 Å². The summed E-state index contributed by atoms with van der Waals surface area (Å²) in [6.07, 6.45) is 0.437. The van der Waals surface area contributed by atoms with E-state index in [-0.39, 0.29) is 5.97 Å². The molecule has 0 saturated heterocycles. The Balaban J connectivity index is 2.49. The van der Waals surface area contributed by atoms with Crippen LogP contribution in [-0.4, -0.2) is 25.4 Å². The fourth-order valence-corrected chi connectivity index (χ4v) is 3.01. The number of esters is 1. The topological polar surface area (TPSA) is 38.3 Å². The molecule has 0 saturated carbocycles. The van der Waals surface area contributed by atoms with E-state index in [0.717, 1.165) is 28.2 Å². The second-order valence-corrected chi connectivity index (χ2v) is 5.71. The Labute approximate surface area is 121 Å². The molecule has 5 heteroatoms. The van der Waals surface area contributed by atoms with Gasteiger partial charge in [0, 0.05) is 21.7 Å². The summed E-state index contributed by atoms with van der Waals surface area (Å²) in [7, 11) is 1.42. The number of methoxy groups -OCH3 is 1. The van der Waals surface area contributed by atoms with Gasteiger partial charge in [0.25, 0.3) is 0 Å². The molecule has 1 N–H and O–H groups in total. The summed E-state index contributed by atoms with van der Waals surface area (Å²) in [5.41, 5.74) is 1.25. The SMILES string of the molecule is CCNCc1ccc(SCCC(=O)OC)c(Br)c1. The standard InChI is InChI=1S/C13H18BrNO2S/c1-3-15-9-10-4-5-12(11(14)8-10)18-7-6-13(16)17-2/h4-5,8,15H,3,6-7,9H2,1-2H3. The monoisotopic (exact) mass is 331 g/mol. The third kappa shape index (κ3) is 5.42. The molecule has 0 bridgehead atoms. The van der Waals surface area contributed by atoms with Crippen LogP contribution in [0.15, 0.2) is 27.6 Å². The van der Waals surface area contributed by atoms with Gasteiger partial charge in [-0.05, 0) is 40.2 Å². The van der Waals surface area contributed by atoms with E-state index in [1.807, 2.05) is 0 Å². The van der Waals surface area contributed by atoms with E-state index in [9.17, 15) is 4.79 Å². The quantitative estimate of drug-likeness (QED) is 0.615. The number of rotatable bonds is 7. The first-order valence-electron chi connectivity index (χ1n) is 5.86. The molecular weight excluding hydrogens is 314 g/mol. The van der Waals surface area contributed by atoms with Crippen molar-refractivity contribution in [2.45, 2.75) is 24.8 Å². The highest BCUT2D eigenvalue weighted by Crippen LogP contribution is 2.28. The second-order valence-electron chi connectivity index (χ2n) is 3.72. The van der Waals surface area contributed by atoms with Gasteiger partial charge in [-0.25, -0.2) is 0 Å². The first-order valence-corrected chi connectivity index (χ1v) is 7.64. The molecule has 0 heterocycles. The molecule has 0 unspecified atom stereocenters. The van der Waals surface area contributed by atoms with Gasteiger partial charge in [-0.15, -0.1) is 11.8 Å². The highest BCUT2D eigenvalue weighted by Gasteiger charge is 2.05. The predicted molar refractivity (Wildman–Crippen MR) is 78.9 cm³/mol. The minimum Gasteiger partial charge on any atom is -0.469 e. The zero-order valence-electron chi connectivity index (χ0n) is 10.7. The number of benzene rings is 1. The Morgan fingerprint density at radius 1 is 1.50 bits per heavy atom. The molecule has 0 fully saturated rings. The molecule has 0 aliphatic heterocycles. The summed E-state index contributed by atoms with van der Waals surface area (Å²) in [5.74, 6) is 0.570. The lowest BCUT2D eigenvalue weighted by Crippen LogP contribution is -2.11. The highest BCUT2D eigenvalue weighted by molar-refractivity contribution is 9.10. The van der Waals surface area contributed by atoms with Gasteiger partial charge >= 0.3 is 5.97 Å². The van der Waals surface area contributed by atoms with Gasteiger partial charge in [-0.1, -0.05) is 13.0 Å². The molecular formula is C13H18BrNO2S. The van der Waals surface area contributed by atoms with E-state index in [1.165, 1.54) is 12.7 Å². The van der Waals surface area contributed by atoms with Crippen molar-refractivity contribution in [3.63, 3.8) is 0 Å². The highest BCUT2D eigenvalue weighted by atomic mass is 79.9. The third-order valence-electron chi connectivity index (χ3n) is 2.37. The Hall–Kier alpha value is -0.520. The second kappa shape index (κ2) is 8.56. The molecule has 100 valence electrons. The molecule has 0 aliphatic rings. The molecule has 1 aromatic rings. The van der Waals surface area contributed by atoms with Crippen LogP contribution in [0.5, 0.6) is 0 Å². The Bertz CT molecular complexity index is 399. The van der Waals surface area contributed by atoms with E-state index >= 15 is 0 Å². The summed E-state index contributed by atoms with van der Waals surface area (Å²) in [6, 6.07) is 6.30. The Kier molecular flexibility index (Phi) is 7.39. The molecule has 1 aromatic carbocycles. The molecule has 1 rings (SSSR count). The fraction of sp³-hybridized carbons (Fsp3) is 0.462. The molecule has 0 aromatic heterocycles. The van der Waals surface area contributed by atoms with E-state index in [1.54, 1.807) is 11.8 Å². The van der Waals surface area contributed by atoms with Crippen molar-refractivity contribution in [1.29, 1.82) is 0 Å². The number of carbonyl (C=O) groups excluding carboxylic acids is 1. The average Bonchev–Trinajstić information content (AvgIpc) is 2.38. The smallest absolute Gasteiger partial charge is 0.306 e. The van der Waals surface area contributed by atoms with Crippen LogP contribution in [0.25, 0.3) is 0 Å². The first-order chi connectivity index (χ1) is 8.67. The van der Waals surface area contributed by atoms with Crippen molar-refractivity contribution in [3.8, 4) is 0 Å². The van der Waals surface area contributed by atoms with Gasteiger partial charge in [0.15, 0.2) is 0 Å². The molecule has 18 heavy (non-hydrogen) atoms. The number of nitrogens with one attached hydrogen (secondary N) is 1. The fourth-order valence-electron chi connectivity index (χ4n) is 1.39. The number of halogens is 1. The number of carbonyl (C=O) groups is 1. The van der Waals surface area contributed by atoms with Crippen LogP contribution in [-0.2, 0) is 16.1 Å². The molecule has 0 spiro atoms. The van der Waals surface area contributed by atoms with Crippen LogP contribution < -0.4 is 5.32 Å². The van der Waals surface area contributed by atoms with Gasteiger partial charge in [0.1, 0.15) is 0 Å². The minimum atomic E-state index is -0.164. The van der Waals surface area contributed by atoms with Crippen molar-refractivity contribution in [2.24, 2.45) is 0 Å². The Morgan fingerprint density at radius 3 is 2.89 bits per heavy atom. The lowest BCUT2D eigenvalue weighted by Gasteiger charge is -2.07. The normalized spacial score (nSPS) is 10.4. The first kappa shape index (κ1) is 15.5. The molecule has 0 radical (unpaired) electrons. The van der Waals surface area contributed by atoms with Crippen molar-refractivity contribution < 1.29 is 9.53 Å². The number of hydrogen-bond acceptors (Lipinski definition) is 4. The number of thioether (sulfide) groups is 1. The van der Waals surface area contributed by atoms with Crippen LogP contribution in [0.1, 0.15) is 18.9 Å². The molecule has 3 nitrogen and oxygen atoms in total. The van der Waals surface area contributed by atoms with Crippen LogP contribution in [0.3, 0.4) is 0 Å². The van der Waals surface area contributed by atoms with Crippen molar-refractivity contribution in [2.75, 3.05) is 19.4 Å². The molecule has 0 aliphatic carbocycles. The van der Waals surface area contributed by atoms with Crippen molar-refractivity contribution in [1.82, 2.24) is 5.32 Å². The lowest BCUT2D eigenvalue weighted by atomic mass is 10.2. The van der Waals surface area contributed by atoms with E-state index in [0.29, 0.717) is 6.42 Å². The maximum atomic E-state index is 11.0. The van der Waals surface area contributed by atoms with Gasteiger partial charge in [-0.2, -0.15) is 0 Å². The number of hydrogen-bond donors (Lipinski definition) is 1. The summed E-state index contributed by atoms with van der Waals surface area (Å²) in [4.78, 5) is 12.2. The van der Waals surface area contributed by atoms with Gasteiger partial charge in [0.05, 0.1) is 13.5 Å². The lowest BCUT2D eigenvalue weighted by molar-refractivity contribution is -0.140. The molecule has 0 amide bonds. The van der Waals surface area contributed by atoms with E-state index < -0.39 is 0 Å². The maximum Gasteiger partial charge on any atom is 0.306 e. The minimum absolute atomic E-state index is 0.164. The van der Waals surface area contributed by atoms with Crippen LogP contribution in [0, 0.1) is 0 Å². The summed E-state index contributed by atoms with van der Waals surface area (Å²) >= 11 is 5.21. The van der Waals surface area contributed by atoms with Crippen LogP contribution in [0.4, 0.5) is 0 Å². The predicted octanol–water partition coefficient (Wildman–Crippen LogP) is 3.21. The summed E-state index contributed by atoms with van der Waals surface area (Å²) < 4.78 is 5.69. The zero-order valence-corrected chi connectivity index (χ0v) is 13.1. The van der Waals surface area contributed by atoms with Gasteiger partial charge < -0.3 is 10.1 Å². The Morgan fingerprint density at radius 2 is 2.28 bits per heavy atom. The average molecular weight is 332 g/mol. The largest absolute Gasteiger partial charge is 0.469 e. The van der Waals surface area contributed by atoms with Gasteiger partial charge in [-0.3, -0.25) is 4.79 Å². The van der Waals surface area contributed by atoms with Gasteiger partial charge in [0.2, 0.25) is 0 Å². The van der Waals surface area contributed by atoms with Crippen molar-refractivity contribution in [3.05, 3.63) is 28.2 Å².